The molecule has 0 N–H and O–H groups in total. The lowest BCUT2D eigenvalue weighted by Gasteiger charge is -2.32. The third kappa shape index (κ3) is 5.72. The Kier molecular flexibility index (Phi) is 7.15. The van der Waals surface area contributed by atoms with Crippen LogP contribution in [0.5, 0.6) is 5.75 Å². The second kappa shape index (κ2) is 10.4. The van der Waals surface area contributed by atoms with E-state index in [-0.39, 0.29) is 17.6 Å². The molecule has 1 aliphatic rings. The van der Waals surface area contributed by atoms with E-state index in [2.05, 4.69) is 24.3 Å². The monoisotopic (exact) mass is 432 g/mol. The van der Waals surface area contributed by atoms with E-state index in [1.807, 2.05) is 30.2 Å². The Morgan fingerprint density at radius 2 is 1.75 bits per heavy atom. The molecule has 3 aromatic rings. The summed E-state index contributed by atoms with van der Waals surface area (Å²) in [6, 6.07) is 18.6. The van der Waals surface area contributed by atoms with Crippen molar-refractivity contribution in [3.05, 3.63) is 95.1 Å². The van der Waals surface area contributed by atoms with Gasteiger partial charge in [0.05, 0.1) is 13.0 Å². The van der Waals surface area contributed by atoms with Crippen molar-refractivity contribution in [1.29, 1.82) is 0 Å². The number of pyridine rings is 1. The Hall–Kier alpha value is -3.21. The first-order chi connectivity index (χ1) is 15.6. The van der Waals surface area contributed by atoms with E-state index in [1.54, 1.807) is 12.1 Å². The molecule has 2 heterocycles. The highest BCUT2D eigenvalue weighted by Gasteiger charge is 2.25. The number of rotatable bonds is 7. The molecule has 1 amide bonds. The summed E-state index contributed by atoms with van der Waals surface area (Å²) in [4.78, 5) is 19.4. The lowest BCUT2D eigenvalue weighted by atomic mass is 9.93. The molecule has 1 atom stereocenters. The summed E-state index contributed by atoms with van der Waals surface area (Å²) in [5, 5.41) is 0. The molecule has 1 aliphatic heterocycles. The molecule has 32 heavy (non-hydrogen) atoms. The van der Waals surface area contributed by atoms with Crippen molar-refractivity contribution in [2.24, 2.45) is 0 Å². The van der Waals surface area contributed by atoms with Gasteiger partial charge in [0.2, 0.25) is 5.91 Å². The summed E-state index contributed by atoms with van der Waals surface area (Å²) in [7, 11) is 0. The number of carbonyl (C=O) groups excluding carboxylic acids is 1. The number of amides is 1. The normalized spacial score (nSPS) is 16.1. The van der Waals surface area contributed by atoms with Gasteiger partial charge in [-0.3, -0.25) is 9.78 Å². The molecule has 1 aromatic heterocycles. The zero-order chi connectivity index (χ0) is 22.3. The quantitative estimate of drug-likeness (QED) is 0.518. The SMILES string of the molecule is CCOc1ccc(Cc2ccc(C3CCCN(C(=O)Cc4ccc(F)cc4)C3)nc2)cc1. The molecule has 166 valence electrons. The van der Waals surface area contributed by atoms with Gasteiger partial charge < -0.3 is 9.64 Å². The predicted molar refractivity (Wildman–Crippen MR) is 123 cm³/mol. The summed E-state index contributed by atoms with van der Waals surface area (Å²) >= 11 is 0. The van der Waals surface area contributed by atoms with Crippen LogP contribution in [0.2, 0.25) is 0 Å². The number of nitrogens with zero attached hydrogens (tertiary/aromatic N) is 2. The van der Waals surface area contributed by atoms with Crippen LogP contribution < -0.4 is 4.74 Å². The third-order valence-corrected chi connectivity index (χ3v) is 5.95. The number of carbonyl (C=O) groups is 1. The maximum atomic E-state index is 13.1. The number of aromatic nitrogens is 1. The molecule has 0 aliphatic carbocycles. The van der Waals surface area contributed by atoms with Gasteiger partial charge in [-0.2, -0.15) is 0 Å². The van der Waals surface area contributed by atoms with Crippen molar-refractivity contribution in [3.8, 4) is 5.75 Å². The van der Waals surface area contributed by atoms with Crippen molar-refractivity contribution in [2.45, 2.75) is 38.5 Å². The van der Waals surface area contributed by atoms with E-state index in [4.69, 9.17) is 9.72 Å². The lowest BCUT2D eigenvalue weighted by molar-refractivity contribution is -0.131. The predicted octanol–water partition coefficient (Wildman–Crippen LogP) is 5.16. The summed E-state index contributed by atoms with van der Waals surface area (Å²) in [5.41, 5.74) is 4.27. The van der Waals surface area contributed by atoms with E-state index in [0.717, 1.165) is 48.4 Å². The molecule has 5 heteroatoms. The third-order valence-electron chi connectivity index (χ3n) is 5.95. The Bertz CT molecular complexity index is 1020. The molecule has 0 spiro atoms. The van der Waals surface area contributed by atoms with Crippen molar-refractivity contribution >= 4 is 5.91 Å². The van der Waals surface area contributed by atoms with Gasteiger partial charge >= 0.3 is 0 Å². The van der Waals surface area contributed by atoms with E-state index in [1.165, 1.54) is 17.7 Å². The maximum Gasteiger partial charge on any atom is 0.227 e. The van der Waals surface area contributed by atoms with Crippen LogP contribution in [0, 0.1) is 5.82 Å². The van der Waals surface area contributed by atoms with E-state index >= 15 is 0 Å². The van der Waals surface area contributed by atoms with Crippen LogP contribution in [0.15, 0.2) is 66.9 Å². The Morgan fingerprint density at radius 1 is 1.03 bits per heavy atom. The lowest BCUT2D eigenvalue weighted by Crippen LogP contribution is -2.40. The summed E-state index contributed by atoms with van der Waals surface area (Å²) < 4.78 is 18.6. The van der Waals surface area contributed by atoms with Gasteiger partial charge in [-0.15, -0.1) is 0 Å². The molecule has 2 aromatic carbocycles. The number of ether oxygens (including phenoxy) is 1. The highest BCUT2D eigenvalue weighted by Crippen LogP contribution is 2.26. The van der Waals surface area contributed by atoms with Crippen LogP contribution in [0.25, 0.3) is 0 Å². The fourth-order valence-corrected chi connectivity index (χ4v) is 4.22. The van der Waals surface area contributed by atoms with Gasteiger partial charge in [-0.05, 0) is 73.2 Å². The molecular weight excluding hydrogens is 403 g/mol. The fourth-order valence-electron chi connectivity index (χ4n) is 4.22. The minimum absolute atomic E-state index is 0.0911. The van der Waals surface area contributed by atoms with Gasteiger partial charge in [-0.1, -0.05) is 30.3 Å². The minimum atomic E-state index is -0.281. The number of piperidine rings is 1. The molecule has 4 rings (SSSR count). The van der Waals surface area contributed by atoms with Crippen molar-refractivity contribution in [1.82, 2.24) is 9.88 Å². The van der Waals surface area contributed by atoms with Gasteiger partial charge in [0.25, 0.3) is 0 Å². The second-order valence-electron chi connectivity index (χ2n) is 8.33. The second-order valence-corrected chi connectivity index (χ2v) is 8.33. The number of likely N-dealkylation sites (tertiary alicyclic amines) is 1. The number of hydrogen-bond acceptors (Lipinski definition) is 3. The number of hydrogen-bond donors (Lipinski definition) is 0. The standard InChI is InChI=1S/C27H29FN2O2/c1-2-32-25-12-7-20(8-13-25)16-22-9-14-26(29-18-22)23-4-3-15-30(19-23)27(31)17-21-5-10-24(28)11-6-21/h5-14,18,23H,2-4,15-17,19H2,1H3. The molecule has 1 fully saturated rings. The average molecular weight is 433 g/mol. The highest BCUT2D eigenvalue weighted by atomic mass is 19.1. The number of benzene rings is 2. The topological polar surface area (TPSA) is 42.4 Å². The van der Waals surface area contributed by atoms with Crippen LogP contribution in [-0.4, -0.2) is 35.5 Å². The zero-order valence-corrected chi connectivity index (χ0v) is 18.5. The van der Waals surface area contributed by atoms with Crippen molar-refractivity contribution < 1.29 is 13.9 Å². The molecule has 0 bridgehead atoms. The van der Waals surface area contributed by atoms with Crippen LogP contribution in [0.1, 0.15) is 48.1 Å². The van der Waals surface area contributed by atoms with Gasteiger partial charge in [0.15, 0.2) is 0 Å². The van der Waals surface area contributed by atoms with Crippen LogP contribution in [0.3, 0.4) is 0 Å². The van der Waals surface area contributed by atoms with E-state index in [9.17, 15) is 9.18 Å². The van der Waals surface area contributed by atoms with Crippen molar-refractivity contribution in [2.75, 3.05) is 19.7 Å². The Labute approximate surface area is 189 Å². The molecule has 4 nitrogen and oxygen atoms in total. The molecule has 1 saturated heterocycles. The smallest absolute Gasteiger partial charge is 0.227 e. The zero-order valence-electron chi connectivity index (χ0n) is 18.5. The first-order valence-electron chi connectivity index (χ1n) is 11.3. The Morgan fingerprint density at radius 3 is 2.44 bits per heavy atom. The summed E-state index contributed by atoms with van der Waals surface area (Å²) in [6.45, 7) is 4.10. The Balaban J connectivity index is 1.34. The first-order valence-corrected chi connectivity index (χ1v) is 11.3. The minimum Gasteiger partial charge on any atom is -0.494 e. The van der Waals surface area contributed by atoms with Gasteiger partial charge in [0, 0.05) is 30.9 Å². The first kappa shape index (κ1) is 22.0. The molecule has 0 saturated carbocycles. The summed E-state index contributed by atoms with van der Waals surface area (Å²) in [5.74, 6) is 0.950. The molecule has 1 unspecified atom stereocenters. The van der Waals surface area contributed by atoms with Crippen molar-refractivity contribution in [3.63, 3.8) is 0 Å². The van der Waals surface area contributed by atoms with Gasteiger partial charge in [-0.25, -0.2) is 4.39 Å². The average Bonchev–Trinajstić information content (AvgIpc) is 2.82. The molecular formula is C27H29FN2O2. The molecule has 0 radical (unpaired) electrons. The van der Waals surface area contributed by atoms with Crippen LogP contribution in [-0.2, 0) is 17.6 Å². The highest BCUT2D eigenvalue weighted by molar-refractivity contribution is 5.79. The van der Waals surface area contributed by atoms with Gasteiger partial charge in [0.1, 0.15) is 11.6 Å². The van der Waals surface area contributed by atoms with E-state index < -0.39 is 0 Å². The fraction of sp³-hybridized carbons (Fsp3) is 0.333. The largest absolute Gasteiger partial charge is 0.494 e. The van der Waals surface area contributed by atoms with Crippen LogP contribution >= 0.6 is 0 Å². The van der Waals surface area contributed by atoms with E-state index in [0.29, 0.717) is 19.6 Å². The van der Waals surface area contributed by atoms with Crippen LogP contribution in [0.4, 0.5) is 4.39 Å². The summed E-state index contributed by atoms with van der Waals surface area (Å²) in [6.07, 6.45) is 5.08. The number of halogens is 1. The maximum absolute atomic E-state index is 13.1.